The molecule has 0 aromatic carbocycles. The van der Waals surface area contributed by atoms with Crippen LogP contribution in [0.2, 0.25) is 0 Å². The highest BCUT2D eigenvalue weighted by Gasteiger charge is 2.74. The Hall–Kier alpha value is -0.330. The molecule has 3 saturated carbocycles. The predicted octanol–water partition coefficient (Wildman–Crippen LogP) is 2.79. The molecule has 0 aliphatic heterocycles. The van der Waals surface area contributed by atoms with Gasteiger partial charge in [0.25, 0.3) is 0 Å². The Morgan fingerprint density at radius 3 is 2.92 bits per heavy atom. The van der Waals surface area contributed by atoms with Crippen LogP contribution in [0.1, 0.15) is 46.0 Å². The van der Waals surface area contributed by atoms with E-state index >= 15 is 0 Å². The van der Waals surface area contributed by atoms with Gasteiger partial charge in [-0.3, -0.25) is 4.79 Å². The molecule has 1 nitrogen and oxygen atoms in total. The molecule has 0 heterocycles. The zero-order valence-electron chi connectivity index (χ0n) is 8.60. The Morgan fingerprint density at radius 2 is 2.23 bits per heavy atom. The SMILES string of the molecule is C[C@H]1CC2CC23C(=O)CCC[C@]13C. The molecule has 2 unspecified atom stereocenters. The van der Waals surface area contributed by atoms with E-state index in [1.165, 1.54) is 19.3 Å². The summed E-state index contributed by atoms with van der Waals surface area (Å²) in [6.07, 6.45) is 5.87. The van der Waals surface area contributed by atoms with E-state index in [0.29, 0.717) is 11.2 Å². The number of hydrogen-bond acceptors (Lipinski definition) is 1. The number of Topliss-reactive ketones (excluding diaryl/α,β-unsaturated/α-hetero) is 1. The highest BCUT2D eigenvalue weighted by Crippen LogP contribution is 2.77. The van der Waals surface area contributed by atoms with Gasteiger partial charge in [-0.15, -0.1) is 0 Å². The molecule has 0 radical (unpaired) electrons. The fourth-order valence-corrected chi connectivity index (χ4v) is 4.41. The predicted molar refractivity (Wildman–Crippen MR) is 51.3 cm³/mol. The minimum Gasteiger partial charge on any atom is -0.299 e. The van der Waals surface area contributed by atoms with E-state index in [9.17, 15) is 4.79 Å². The monoisotopic (exact) mass is 178 g/mol. The van der Waals surface area contributed by atoms with Crippen LogP contribution in [-0.4, -0.2) is 5.78 Å². The van der Waals surface area contributed by atoms with Crippen LogP contribution in [0.25, 0.3) is 0 Å². The van der Waals surface area contributed by atoms with Crippen LogP contribution in [0.4, 0.5) is 0 Å². The van der Waals surface area contributed by atoms with Crippen molar-refractivity contribution in [3.63, 3.8) is 0 Å². The van der Waals surface area contributed by atoms with Crippen LogP contribution in [-0.2, 0) is 4.79 Å². The molecule has 3 rings (SSSR count). The third-order valence-corrected chi connectivity index (χ3v) is 5.45. The zero-order chi connectivity index (χ0) is 9.27. The van der Waals surface area contributed by atoms with E-state index in [1.54, 1.807) is 0 Å². The van der Waals surface area contributed by atoms with Crippen molar-refractivity contribution >= 4 is 5.78 Å². The number of hydrogen-bond donors (Lipinski definition) is 0. The summed E-state index contributed by atoms with van der Waals surface area (Å²) in [6, 6.07) is 0. The Labute approximate surface area is 79.9 Å². The van der Waals surface area contributed by atoms with E-state index in [0.717, 1.165) is 24.7 Å². The van der Waals surface area contributed by atoms with Gasteiger partial charge < -0.3 is 0 Å². The Morgan fingerprint density at radius 1 is 1.46 bits per heavy atom. The molecule has 3 fully saturated rings. The lowest BCUT2D eigenvalue weighted by molar-refractivity contribution is -0.133. The Bertz CT molecular complexity index is 283. The summed E-state index contributed by atoms with van der Waals surface area (Å²) in [6.45, 7) is 4.73. The molecule has 0 saturated heterocycles. The minimum atomic E-state index is 0.185. The average molecular weight is 178 g/mol. The van der Waals surface area contributed by atoms with Crippen molar-refractivity contribution in [2.45, 2.75) is 46.0 Å². The second kappa shape index (κ2) is 2.02. The van der Waals surface area contributed by atoms with E-state index in [2.05, 4.69) is 13.8 Å². The highest BCUT2D eigenvalue weighted by molar-refractivity contribution is 5.90. The van der Waals surface area contributed by atoms with Crippen molar-refractivity contribution in [3.05, 3.63) is 0 Å². The van der Waals surface area contributed by atoms with Crippen molar-refractivity contribution in [2.24, 2.45) is 22.7 Å². The number of ketones is 1. The average Bonchev–Trinajstić information content (AvgIpc) is 2.72. The summed E-state index contributed by atoms with van der Waals surface area (Å²) < 4.78 is 0. The van der Waals surface area contributed by atoms with Crippen molar-refractivity contribution in [1.82, 2.24) is 0 Å². The van der Waals surface area contributed by atoms with Gasteiger partial charge in [0.15, 0.2) is 0 Å². The number of carbonyl (C=O) groups excluding carboxylic acids is 1. The van der Waals surface area contributed by atoms with Gasteiger partial charge in [0, 0.05) is 11.8 Å². The lowest BCUT2D eigenvalue weighted by Crippen LogP contribution is -2.40. The molecule has 3 aliphatic rings. The molecule has 1 spiro atoms. The second-order valence-electron chi connectivity index (χ2n) is 5.70. The third-order valence-electron chi connectivity index (χ3n) is 5.45. The van der Waals surface area contributed by atoms with Crippen LogP contribution in [0.3, 0.4) is 0 Å². The van der Waals surface area contributed by atoms with Crippen molar-refractivity contribution in [3.8, 4) is 0 Å². The fraction of sp³-hybridized carbons (Fsp3) is 0.917. The summed E-state index contributed by atoms with van der Waals surface area (Å²) in [5.41, 5.74) is 0.567. The topological polar surface area (TPSA) is 17.1 Å². The standard InChI is InChI=1S/C12H18O/c1-8-6-9-7-12(9)10(13)4-3-5-11(8,12)2/h8-9H,3-7H2,1-2H3/t8-,9?,11+,12?/m0/s1. The number of rotatable bonds is 0. The summed E-state index contributed by atoms with van der Waals surface area (Å²) in [4.78, 5) is 12.0. The van der Waals surface area contributed by atoms with Crippen LogP contribution < -0.4 is 0 Å². The maximum Gasteiger partial charge on any atom is 0.139 e. The van der Waals surface area contributed by atoms with E-state index < -0.39 is 0 Å². The first kappa shape index (κ1) is 8.02. The van der Waals surface area contributed by atoms with Gasteiger partial charge in [0.1, 0.15) is 5.78 Å². The maximum atomic E-state index is 12.0. The maximum absolute atomic E-state index is 12.0. The second-order valence-corrected chi connectivity index (χ2v) is 5.70. The van der Waals surface area contributed by atoms with Crippen LogP contribution in [0, 0.1) is 22.7 Å². The summed E-state index contributed by atoms with van der Waals surface area (Å²) in [5.74, 6) is 2.17. The van der Waals surface area contributed by atoms with Crippen LogP contribution in [0.5, 0.6) is 0 Å². The third kappa shape index (κ3) is 0.660. The molecule has 0 bridgehead atoms. The summed E-state index contributed by atoms with van der Waals surface area (Å²) in [5, 5.41) is 0. The van der Waals surface area contributed by atoms with Gasteiger partial charge in [0.2, 0.25) is 0 Å². The van der Waals surface area contributed by atoms with Gasteiger partial charge in [0.05, 0.1) is 0 Å². The van der Waals surface area contributed by atoms with E-state index in [-0.39, 0.29) is 5.41 Å². The molecule has 13 heavy (non-hydrogen) atoms. The smallest absolute Gasteiger partial charge is 0.139 e. The fourth-order valence-electron chi connectivity index (χ4n) is 4.41. The summed E-state index contributed by atoms with van der Waals surface area (Å²) >= 11 is 0. The lowest BCUT2D eigenvalue weighted by Gasteiger charge is -2.42. The lowest BCUT2D eigenvalue weighted by atomic mass is 9.61. The van der Waals surface area contributed by atoms with Crippen molar-refractivity contribution in [2.75, 3.05) is 0 Å². The van der Waals surface area contributed by atoms with E-state index in [4.69, 9.17) is 0 Å². The largest absolute Gasteiger partial charge is 0.299 e. The van der Waals surface area contributed by atoms with Gasteiger partial charge in [-0.25, -0.2) is 0 Å². The first-order valence-electron chi connectivity index (χ1n) is 5.64. The molecule has 3 aliphatic carbocycles. The first-order chi connectivity index (χ1) is 6.11. The normalized spacial score (nSPS) is 58.8. The summed E-state index contributed by atoms with van der Waals surface area (Å²) in [7, 11) is 0. The molecule has 0 N–H and O–H groups in total. The molecule has 4 atom stereocenters. The Balaban J connectivity index is 2.07. The van der Waals surface area contributed by atoms with Crippen molar-refractivity contribution < 1.29 is 4.79 Å². The molecule has 0 amide bonds. The quantitative estimate of drug-likeness (QED) is 0.557. The Kier molecular flexibility index (Phi) is 1.24. The van der Waals surface area contributed by atoms with E-state index in [1.807, 2.05) is 0 Å². The van der Waals surface area contributed by atoms with Crippen LogP contribution in [0.15, 0.2) is 0 Å². The van der Waals surface area contributed by atoms with Gasteiger partial charge in [-0.2, -0.15) is 0 Å². The molecule has 1 heteroatoms. The number of carbonyl (C=O) groups is 1. The van der Waals surface area contributed by atoms with Gasteiger partial charge >= 0.3 is 0 Å². The first-order valence-corrected chi connectivity index (χ1v) is 5.64. The van der Waals surface area contributed by atoms with Crippen LogP contribution >= 0.6 is 0 Å². The zero-order valence-corrected chi connectivity index (χ0v) is 8.60. The van der Waals surface area contributed by atoms with Gasteiger partial charge in [-0.1, -0.05) is 13.8 Å². The minimum absolute atomic E-state index is 0.185. The molecular formula is C12H18O. The van der Waals surface area contributed by atoms with Crippen molar-refractivity contribution in [1.29, 1.82) is 0 Å². The molecule has 0 aromatic rings. The van der Waals surface area contributed by atoms with Gasteiger partial charge in [-0.05, 0) is 42.9 Å². The molecular weight excluding hydrogens is 160 g/mol. The molecule has 72 valence electrons. The highest BCUT2D eigenvalue weighted by atomic mass is 16.1. The molecule has 0 aromatic heterocycles.